The van der Waals surface area contributed by atoms with E-state index in [1.54, 1.807) is 7.11 Å². The molecule has 0 aliphatic carbocycles. The Hall–Kier alpha value is -1.83. The van der Waals surface area contributed by atoms with E-state index in [-0.39, 0.29) is 0 Å². The molecule has 1 saturated heterocycles. The summed E-state index contributed by atoms with van der Waals surface area (Å²) in [6.45, 7) is 10.9. The SMILES string of the molecule is CCC(CC)C(CNC(=NC)NCc1cccc(OCCOC)c1)N1CCOCC1. The molecule has 2 N–H and O–H groups in total. The van der Waals surface area contributed by atoms with Crippen LogP contribution >= 0.6 is 0 Å². The summed E-state index contributed by atoms with van der Waals surface area (Å²) >= 11 is 0. The summed E-state index contributed by atoms with van der Waals surface area (Å²) in [7, 11) is 3.50. The number of benzene rings is 1. The zero-order chi connectivity index (χ0) is 21.6. The molecule has 0 spiro atoms. The van der Waals surface area contributed by atoms with Gasteiger partial charge in [-0.05, 0) is 23.6 Å². The van der Waals surface area contributed by atoms with E-state index in [0.717, 1.165) is 50.1 Å². The van der Waals surface area contributed by atoms with Crippen LogP contribution in [0.4, 0.5) is 0 Å². The third-order valence-electron chi connectivity index (χ3n) is 5.72. The summed E-state index contributed by atoms with van der Waals surface area (Å²) in [5, 5.41) is 6.98. The summed E-state index contributed by atoms with van der Waals surface area (Å²) in [6, 6.07) is 8.60. The number of guanidine groups is 1. The van der Waals surface area contributed by atoms with Crippen molar-refractivity contribution in [2.75, 3.05) is 60.2 Å². The van der Waals surface area contributed by atoms with Gasteiger partial charge in [-0.2, -0.15) is 0 Å². The molecule has 170 valence electrons. The van der Waals surface area contributed by atoms with Gasteiger partial charge in [0.05, 0.1) is 19.8 Å². The molecule has 1 aliphatic rings. The molecule has 0 aromatic heterocycles. The highest BCUT2D eigenvalue weighted by atomic mass is 16.5. The summed E-state index contributed by atoms with van der Waals surface area (Å²) in [6.07, 6.45) is 2.37. The van der Waals surface area contributed by atoms with Crippen LogP contribution in [0.1, 0.15) is 32.3 Å². The molecule has 7 heteroatoms. The first-order valence-electron chi connectivity index (χ1n) is 11.2. The van der Waals surface area contributed by atoms with E-state index in [1.807, 2.05) is 19.2 Å². The Morgan fingerprint density at radius 1 is 1.17 bits per heavy atom. The van der Waals surface area contributed by atoms with Gasteiger partial charge in [-0.1, -0.05) is 38.8 Å². The molecule has 7 nitrogen and oxygen atoms in total. The summed E-state index contributed by atoms with van der Waals surface area (Å²) in [4.78, 5) is 6.99. The Balaban J connectivity index is 1.88. The molecule has 0 bridgehead atoms. The van der Waals surface area contributed by atoms with Gasteiger partial charge in [0.15, 0.2) is 5.96 Å². The number of aliphatic imine (C=N–C) groups is 1. The molecule has 1 heterocycles. The minimum atomic E-state index is 0.486. The second-order valence-corrected chi connectivity index (χ2v) is 7.59. The van der Waals surface area contributed by atoms with Crippen molar-refractivity contribution in [1.29, 1.82) is 0 Å². The van der Waals surface area contributed by atoms with Gasteiger partial charge in [0, 0.05) is 46.4 Å². The molecule has 1 atom stereocenters. The Labute approximate surface area is 182 Å². The fourth-order valence-electron chi connectivity index (χ4n) is 3.93. The minimum Gasteiger partial charge on any atom is -0.491 e. The predicted octanol–water partition coefficient (Wildman–Crippen LogP) is 2.51. The molecule has 2 rings (SSSR count). The van der Waals surface area contributed by atoms with Gasteiger partial charge in [-0.15, -0.1) is 0 Å². The predicted molar refractivity (Wildman–Crippen MR) is 122 cm³/mol. The lowest BCUT2D eigenvalue weighted by Gasteiger charge is -2.39. The lowest BCUT2D eigenvalue weighted by Crippen LogP contribution is -2.53. The van der Waals surface area contributed by atoms with Crippen molar-refractivity contribution < 1.29 is 14.2 Å². The van der Waals surface area contributed by atoms with Crippen LogP contribution in [0.3, 0.4) is 0 Å². The van der Waals surface area contributed by atoms with Crippen molar-refractivity contribution in [1.82, 2.24) is 15.5 Å². The highest BCUT2D eigenvalue weighted by Crippen LogP contribution is 2.19. The molecular formula is C23H40N4O3. The second-order valence-electron chi connectivity index (χ2n) is 7.59. The van der Waals surface area contributed by atoms with Crippen LogP contribution in [0.2, 0.25) is 0 Å². The van der Waals surface area contributed by atoms with Gasteiger partial charge in [0.2, 0.25) is 0 Å². The lowest BCUT2D eigenvalue weighted by molar-refractivity contribution is 0.00272. The molecule has 1 aromatic rings. The van der Waals surface area contributed by atoms with E-state index in [4.69, 9.17) is 14.2 Å². The lowest BCUT2D eigenvalue weighted by atomic mass is 9.92. The third-order valence-corrected chi connectivity index (χ3v) is 5.72. The van der Waals surface area contributed by atoms with E-state index in [1.165, 1.54) is 12.8 Å². The van der Waals surface area contributed by atoms with E-state index in [0.29, 0.717) is 31.7 Å². The van der Waals surface area contributed by atoms with Crippen LogP contribution in [0, 0.1) is 5.92 Å². The summed E-state index contributed by atoms with van der Waals surface area (Å²) in [5.74, 6) is 2.34. The Bertz CT molecular complexity index is 616. The third kappa shape index (κ3) is 8.13. The Morgan fingerprint density at radius 2 is 1.93 bits per heavy atom. The maximum Gasteiger partial charge on any atom is 0.191 e. The number of morpholine rings is 1. The molecular weight excluding hydrogens is 380 g/mol. The first-order chi connectivity index (χ1) is 14.7. The van der Waals surface area contributed by atoms with Crippen LogP contribution < -0.4 is 15.4 Å². The number of nitrogens with zero attached hydrogens (tertiary/aromatic N) is 2. The van der Waals surface area contributed by atoms with Crippen LogP contribution in [0.25, 0.3) is 0 Å². The fourth-order valence-corrected chi connectivity index (χ4v) is 3.93. The standard InChI is InChI=1S/C23H40N4O3/c1-5-20(6-2)22(27-10-12-29-13-11-27)18-26-23(24-3)25-17-19-8-7-9-21(16-19)30-15-14-28-4/h7-9,16,20,22H,5-6,10-15,17-18H2,1-4H3,(H2,24,25,26). The average molecular weight is 421 g/mol. The molecule has 30 heavy (non-hydrogen) atoms. The van der Waals surface area contributed by atoms with Gasteiger partial charge in [0.25, 0.3) is 0 Å². The molecule has 0 radical (unpaired) electrons. The minimum absolute atomic E-state index is 0.486. The number of methoxy groups -OCH3 is 1. The monoisotopic (exact) mass is 420 g/mol. The zero-order valence-electron chi connectivity index (χ0n) is 19.2. The highest BCUT2D eigenvalue weighted by molar-refractivity contribution is 5.79. The smallest absolute Gasteiger partial charge is 0.191 e. The molecule has 1 aromatic carbocycles. The molecule has 1 aliphatic heterocycles. The molecule has 1 fully saturated rings. The average Bonchev–Trinajstić information content (AvgIpc) is 2.79. The van der Waals surface area contributed by atoms with E-state index in [2.05, 4.69) is 46.5 Å². The van der Waals surface area contributed by atoms with Gasteiger partial charge >= 0.3 is 0 Å². The molecule has 0 saturated carbocycles. The van der Waals surface area contributed by atoms with Crippen molar-refractivity contribution >= 4 is 5.96 Å². The summed E-state index contributed by atoms with van der Waals surface area (Å²) in [5.41, 5.74) is 1.15. The Kier molecular flexibility index (Phi) is 11.6. The molecule has 0 amide bonds. The number of hydrogen-bond donors (Lipinski definition) is 2. The topological polar surface area (TPSA) is 67.4 Å². The number of nitrogens with one attached hydrogen (secondary N) is 2. The van der Waals surface area contributed by atoms with E-state index < -0.39 is 0 Å². The van der Waals surface area contributed by atoms with Crippen LogP contribution in [-0.4, -0.2) is 77.1 Å². The maximum absolute atomic E-state index is 5.70. The van der Waals surface area contributed by atoms with Crippen molar-refractivity contribution in [3.63, 3.8) is 0 Å². The van der Waals surface area contributed by atoms with Crippen molar-refractivity contribution in [2.24, 2.45) is 10.9 Å². The van der Waals surface area contributed by atoms with Crippen molar-refractivity contribution in [2.45, 2.75) is 39.3 Å². The van der Waals surface area contributed by atoms with E-state index in [9.17, 15) is 0 Å². The van der Waals surface area contributed by atoms with Crippen LogP contribution in [0.5, 0.6) is 5.75 Å². The largest absolute Gasteiger partial charge is 0.491 e. The van der Waals surface area contributed by atoms with Crippen LogP contribution in [-0.2, 0) is 16.0 Å². The maximum atomic E-state index is 5.70. The number of ether oxygens (including phenoxy) is 3. The first kappa shape index (κ1) is 24.4. The van der Waals surface area contributed by atoms with Crippen molar-refractivity contribution in [3.05, 3.63) is 29.8 Å². The normalized spacial score (nSPS) is 16.5. The number of rotatable bonds is 12. The first-order valence-corrected chi connectivity index (χ1v) is 11.2. The fraction of sp³-hybridized carbons (Fsp3) is 0.696. The Morgan fingerprint density at radius 3 is 2.60 bits per heavy atom. The zero-order valence-corrected chi connectivity index (χ0v) is 19.2. The number of hydrogen-bond acceptors (Lipinski definition) is 5. The van der Waals surface area contributed by atoms with Gasteiger partial charge in [0.1, 0.15) is 12.4 Å². The van der Waals surface area contributed by atoms with Gasteiger partial charge < -0.3 is 24.8 Å². The quantitative estimate of drug-likeness (QED) is 0.308. The van der Waals surface area contributed by atoms with Crippen molar-refractivity contribution in [3.8, 4) is 5.75 Å². The highest BCUT2D eigenvalue weighted by Gasteiger charge is 2.26. The van der Waals surface area contributed by atoms with Gasteiger partial charge in [-0.3, -0.25) is 9.89 Å². The second kappa shape index (κ2) is 14.2. The van der Waals surface area contributed by atoms with Gasteiger partial charge in [-0.25, -0.2) is 0 Å². The summed E-state index contributed by atoms with van der Waals surface area (Å²) < 4.78 is 16.3. The van der Waals surface area contributed by atoms with Crippen LogP contribution in [0.15, 0.2) is 29.3 Å². The molecule has 1 unspecified atom stereocenters. The van der Waals surface area contributed by atoms with E-state index >= 15 is 0 Å².